The van der Waals surface area contributed by atoms with Gasteiger partial charge in [0, 0.05) is 17.6 Å². The molecule has 0 aliphatic heterocycles. The first-order chi connectivity index (χ1) is 16.4. The molecule has 5 aromatic rings. The molecule has 0 fully saturated rings. The van der Waals surface area contributed by atoms with E-state index < -0.39 is 11.7 Å². The number of hydrogen-bond donors (Lipinski definition) is 1. The van der Waals surface area contributed by atoms with Gasteiger partial charge in [-0.25, -0.2) is 4.98 Å². The van der Waals surface area contributed by atoms with Gasteiger partial charge < -0.3 is 10.1 Å². The molecule has 0 atom stereocenters. The zero-order chi connectivity index (χ0) is 23.7. The number of nitrogens with zero attached hydrogens (tertiary/aromatic N) is 2. The van der Waals surface area contributed by atoms with Gasteiger partial charge in [-0.3, -0.25) is 9.78 Å². The van der Waals surface area contributed by atoms with Gasteiger partial charge in [0.1, 0.15) is 11.5 Å². The molecule has 170 valence electrons. The van der Waals surface area contributed by atoms with E-state index in [1.165, 1.54) is 29.7 Å². The van der Waals surface area contributed by atoms with E-state index in [0.717, 1.165) is 16.3 Å². The summed E-state index contributed by atoms with van der Waals surface area (Å²) in [7, 11) is 0. The molecule has 3 aromatic carbocycles. The lowest BCUT2D eigenvalue weighted by Gasteiger charge is -2.12. The van der Waals surface area contributed by atoms with Crippen LogP contribution in [0.15, 0.2) is 79.0 Å². The van der Waals surface area contributed by atoms with Crippen molar-refractivity contribution in [3.8, 4) is 11.5 Å². The van der Waals surface area contributed by atoms with Crippen LogP contribution >= 0.6 is 11.3 Å². The van der Waals surface area contributed by atoms with Crippen LogP contribution in [0.2, 0.25) is 0 Å². The Morgan fingerprint density at radius 3 is 2.62 bits per heavy atom. The van der Waals surface area contributed by atoms with Crippen LogP contribution in [0, 0.1) is 0 Å². The zero-order valence-corrected chi connectivity index (χ0v) is 18.3. The Morgan fingerprint density at radius 2 is 1.82 bits per heavy atom. The first-order valence-electron chi connectivity index (χ1n) is 10.2. The first kappa shape index (κ1) is 21.8. The molecular weight excluding hydrogens is 463 g/mol. The summed E-state index contributed by atoms with van der Waals surface area (Å²) in [5.74, 6) is 0.519. The van der Waals surface area contributed by atoms with Crippen molar-refractivity contribution in [3.63, 3.8) is 0 Å². The Morgan fingerprint density at radius 1 is 1.00 bits per heavy atom. The molecule has 0 aliphatic rings. The minimum Gasteiger partial charge on any atom is -0.457 e. The first-order valence-corrected chi connectivity index (χ1v) is 11.1. The molecule has 0 saturated heterocycles. The molecule has 0 aliphatic carbocycles. The molecule has 34 heavy (non-hydrogen) atoms. The van der Waals surface area contributed by atoms with Crippen LogP contribution in [-0.2, 0) is 17.4 Å². The Bertz CT molecular complexity index is 1500. The third kappa shape index (κ3) is 4.55. The van der Waals surface area contributed by atoms with E-state index >= 15 is 0 Å². The molecule has 1 N–H and O–H groups in total. The number of nitrogens with one attached hydrogen (secondary N) is 1. The molecule has 0 unspecified atom stereocenters. The lowest BCUT2D eigenvalue weighted by molar-refractivity contribution is -0.136. The Hall–Kier alpha value is -3.98. The monoisotopic (exact) mass is 479 g/mol. The summed E-state index contributed by atoms with van der Waals surface area (Å²) in [4.78, 5) is 20.7. The van der Waals surface area contributed by atoms with Crippen molar-refractivity contribution < 1.29 is 22.7 Å². The van der Waals surface area contributed by atoms with Gasteiger partial charge in [0.15, 0.2) is 5.13 Å². The highest BCUT2D eigenvalue weighted by Gasteiger charge is 2.33. The minimum atomic E-state index is -4.52. The summed E-state index contributed by atoms with van der Waals surface area (Å²) < 4.78 is 46.7. The van der Waals surface area contributed by atoms with E-state index in [1.54, 1.807) is 24.3 Å². The Balaban J connectivity index is 1.38. The number of para-hydroxylation sites is 1. The molecule has 0 saturated carbocycles. The summed E-state index contributed by atoms with van der Waals surface area (Å²) in [6, 6.07) is 19.9. The smallest absolute Gasteiger partial charge is 0.418 e. The lowest BCUT2D eigenvalue weighted by atomic mass is 10.1. The number of alkyl halides is 3. The molecule has 9 heteroatoms. The highest BCUT2D eigenvalue weighted by atomic mass is 32.1. The largest absolute Gasteiger partial charge is 0.457 e. The van der Waals surface area contributed by atoms with Crippen molar-refractivity contribution in [1.82, 2.24) is 9.97 Å². The van der Waals surface area contributed by atoms with Crippen molar-refractivity contribution >= 4 is 43.5 Å². The van der Waals surface area contributed by atoms with Gasteiger partial charge in [-0.15, -0.1) is 0 Å². The number of thiazole rings is 1. The number of rotatable bonds is 5. The van der Waals surface area contributed by atoms with E-state index in [-0.39, 0.29) is 29.0 Å². The fraction of sp³-hybridized carbons (Fsp3) is 0.0800. The maximum absolute atomic E-state index is 13.3. The molecule has 2 aromatic heterocycles. The van der Waals surface area contributed by atoms with E-state index in [2.05, 4.69) is 15.3 Å². The normalized spacial score (nSPS) is 11.6. The number of halogens is 3. The molecular formula is C25H16F3N3O2S. The van der Waals surface area contributed by atoms with Gasteiger partial charge in [-0.2, -0.15) is 13.2 Å². The number of ether oxygens (including phenoxy) is 1. The summed E-state index contributed by atoms with van der Waals surface area (Å²) in [5.41, 5.74) is 0.584. The fourth-order valence-electron chi connectivity index (χ4n) is 3.56. The van der Waals surface area contributed by atoms with Crippen LogP contribution in [0.25, 0.3) is 21.1 Å². The number of fused-ring (bicyclic) bond motifs is 2. The molecule has 0 radical (unpaired) electrons. The second kappa shape index (κ2) is 8.75. The van der Waals surface area contributed by atoms with Crippen molar-refractivity contribution in [1.29, 1.82) is 0 Å². The van der Waals surface area contributed by atoms with Crippen LogP contribution in [0.1, 0.15) is 11.1 Å². The van der Waals surface area contributed by atoms with E-state index in [0.29, 0.717) is 16.4 Å². The fourth-order valence-corrected chi connectivity index (χ4v) is 4.47. The van der Waals surface area contributed by atoms with Gasteiger partial charge in [0.25, 0.3) is 0 Å². The molecule has 5 nitrogen and oxygen atoms in total. The van der Waals surface area contributed by atoms with Crippen molar-refractivity contribution in [2.45, 2.75) is 12.6 Å². The number of hydrogen-bond acceptors (Lipinski definition) is 5. The highest BCUT2D eigenvalue weighted by molar-refractivity contribution is 7.22. The SMILES string of the molecule is O=C(Cc1ccccc1)Nc1nc2ccc(Oc3ccnc4c(C(F)(F)F)cccc34)cc2s1. The molecule has 0 bridgehead atoms. The van der Waals surface area contributed by atoms with Crippen LogP contribution in [0.5, 0.6) is 11.5 Å². The molecule has 5 rings (SSSR count). The van der Waals surface area contributed by atoms with Gasteiger partial charge in [0.2, 0.25) is 5.91 Å². The number of carbonyl (C=O) groups is 1. The molecule has 0 spiro atoms. The summed E-state index contributed by atoms with van der Waals surface area (Å²) in [5, 5.41) is 3.52. The maximum atomic E-state index is 13.3. The quantitative estimate of drug-likeness (QED) is 0.300. The highest BCUT2D eigenvalue weighted by Crippen LogP contribution is 2.38. The van der Waals surface area contributed by atoms with Crippen molar-refractivity contribution in [2.24, 2.45) is 0 Å². The van der Waals surface area contributed by atoms with Gasteiger partial charge >= 0.3 is 6.18 Å². The van der Waals surface area contributed by atoms with Crippen molar-refractivity contribution in [3.05, 3.63) is 90.1 Å². The number of aromatic nitrogens is 2. The number of pyridine rings is 1. The third-order valence-electron chi connectivity index (χ3n) is 5.08. The van der Waals surface area contributed by atoms with Crippen LogP contribution in [0.3, 0.4) is 0 Å². The average Bonchev–Trinajstić information content (AvgIpc) is 3.20. The average molecular weight is 479 g/mol. The maximum Gasteiger partial charge on any atom is 0.418 e. The van der Waals surface area contributed by atoms with Gasteiger partial charge in [-0.1, -0.05) is 47.7 Å². The predicted molar refractivity (Wildman–Crippen MR) is 125 cm³/mol. The lowest BCUT2D eigenvalue weighted by Crippen LogP contribution is -2.13. The van der Waals surface area contributed by atoms with Crippen LogP contribution in [-0.4, -0.2) is 15.9 Å². The van der Waals surface area contributed by atoms with Gasteiger partial charge in [0.05, 0.1) is 27.7 Å². The summed E-state index contributed by atoms with van der Waals surface area (Å²) in [6.07, 6.45) is -2.99. The van der Waals surface area contributed by atoms with Crippen LogP contribution < -0.4 is 10.1 Å². The van der Waals surface area contributed by atoms with E-state index in [1.807, 2.05) is 30.3 Å². The Labute approximate surface area is 195 Å². The van der Waals surface area contributed by atoms with Gasteiger partial charge in [-0.05, 0) is 35.9 Å². The van der Waals surface area contributed by atoms with E-state index in [4.69, 9.17) is 4.74 Å². The second-order valence-corrected chi connectivity index (χ2v) is 8.50. The summed E-state index contributed by atoms with van der Waals surface area (Å²) in [6.45, 7) is 0. The predicted octanol–water partition coefficient (Wildman–Crippen LogP) is 6.84. The topological polar surface area (TPSA) is 64.1 Å². The standard InChI is InChI=1S/C25H16F3N3O2S/c26-25(27,28)18-8-4-7-17-20(11-12-29-23(17)18)33-16-9-10-19-21(14-16)34-24(30-19)31-22(32)13-15-5-2-1-3-6-15/h1-12,14H,13H2,(H,30,31,32). The number of benzene rings is 3. The summed E-state index contributed by atoms with van der Waals surface area (Å²) >= 11 is 1.29. The minimum absolute atomic E-state index is 0.171. The molecule has 2 heterocycles. The third-order valence-corrected chi connectivity index (χ3v) is 6.01. The second-order valence-electron chi connectivity index (χ2n) is 7.47. The Kier molecular flexibility index (Phi) is 5.62. The number of anilines is 1. The zero-order valence-electron chi connectivity index (χ0n) is 17.5. The number of carbonyl (C=O) groups excluding carboxylic acids is 1. The van der Waals surface area contributed by atoms with Crippen molar-refractivity contribution in [2.75, 3.05) is 5.32 Å². The molecule has 1 amide bonds. The van der Waals surface area contributed by atoms with Crippen LogP contribution in [0.4, 0.5) is 18.3 Å². The van der Waals surface area contributed by atoms with E-state index in [9.17, 15) is 18.0 Å². The number of amides is 1.